The molecule has 7 heteroatoms. The number of nitrogens with one attached hydrogen (secondary N) is 1. The molecule has 1 amide bonds. The van der Waals surface area contributed by atoms with Crippen molar-refractivity contribution in [2.45, 2.75) is 38.3 Å². The third-order valence-corrected chi connectivity index (χ3v) is 5.43. The molecular formula is C14H21N3O3S. The van der Waals surface area contributed by atoms with E-state index in [1.54, 1.807) is 30.3 Å². The largest absolute Gasteiger partial charge is 0.368 e. The minimum absolute atomic E-state index is 0.0689. The maximum absolute atomic E-state index is 12.5. The van der Waals surface area contributed by atoms with Crippen molar-refractivity contribution in [3.05, 3.63) is 35.9 Å². The van der Waals surface area contributed by atoms with E-state index in [2.05, 4.69) is 4.72 Å². The summed E-state index contributed by atoms with van der Waals surface area (Å²) >= 11 is 0. The minimum atomic E-state index is -3.74. The van der Waals surface area contributed by atoms with Crippen molar-refractivity contribution in [2.75, 3.05) is 6.54 Å². The summed E-state index contributed by atoms with van der Waals surface area (Å²) < 4.78 is 28.8. The predicted molar refractivity (Wildman–Crippen MR) is 80.5 cm³/mol. The first-order chi connectivity index (χ1) is 9.92. The fraction of sp³-hybridized carbons (Fsp3) is 0.500. The number of benzene rings is 1. The van der Waals surface area contributed by atoms with Crippen LogP contribution in [-0.4, -0.2) is 31.2 Å². The van der Waals surface area contributed by atoms with E-state index in [9.17, 15) is 13.2 Å². The zero-order valence-electron chi connectivity index (χ0n) is 12.0. The molecule has 1 aliphatic rings. The lowest BCUT2D eigenvalue weighted by Crippen LogP contribution is -2.50. The second-order valence-corrected chi connectivity index (χ2v) is 6.98. The zero-order chi connectivity index (χ0) is 15.5. The maximum Gasteiger partial charge on any atom is 0.280 e. The van der Waals surface area contributed by atoms with Crippen molar-refractivity contribution in [1.29, 1.82) is 0 Å². The topological polar surface area (TPSA) is 92.5 Å². The molecule has 2 atom stereocenters. The van der Waals surface area contributed by atoms with Crippen LogP contribution in [0.4, 0.5) is 0 Å². The van der Waals surface area contributed by atoms with Gasteiger partial charge in [-0.2, -0.15) is 17.4 Å². The summed E-state index contributed by atoms with van der Waals surface area (Å²) in [6.45, 7) is 2.34. The number of piperidine rings is 1. The number of nitrogens with two attached hydrogens (primary N) is 1. The SMILES string of the molecule is C[C@@H]1CCCCN1S(=O)(=O)N[C@H](C(N)=O)c1ccccc1. The summed E-state index contributed by atoms with van der Waals surface area (Å²) in [5, 5.41) is 0. The molecule has 1 saturated heterocycles. The van der Waals surface area contributed by atoms with Gasteiger partial charge in [-0.1, -0.05) is 36.8 Å². The van der Waals surface area contributed by atoms with Crippen LogP contribution in [0, 0.1) is 0 Å². The van der Waals surface area contributed by atoms with Crippen LogP contribution in [0.25, 0.3) is 0 Å². The summed E-state index contributed by atoms with van der Waals surface area (Å²) in [5.74, 6) is -0.713. The Kier molecular flexibility index (Phi) is 4.97. The van der Waals surface area contributed by atoms with Crippen molar-refractivity contribution < 1.29 is 13.2 Å². The van der Waals surface area contributed by atoms with Gasteiger partial charge in [0.1, 0.15) is 6.04 Å². The first-order valence-corrected chi connectivity index (χ1v) is 8.49. The molecule has 1 fully saturated rings. The smallest absolute Gasteiger partial charge is 0.280 e. The molecule has 1 aromatic carbocycles. The number of rotatable bonds is 5. The number of nitrogens with zero attached hydrogens (tertiary/aromatic N) is 1. The van der Waals surface area contributed by atoms with Gasteiger partial charge in [-0.3, -0.25) is 4.79 Å². The molecule has 2 rings (SSSR count). The van der Waals surface area contributed by atoms with Crippen molar-refractivity contribution in [3.8, 4) is 0 Å². The molecular weight excluding hydrogens is 290 g/mol. The molecule has 0 radical (unpaired) electrons. The first kappa shape index (κ1) is 15.9. The Bertz CT molecular complexity index is 589. The van der Waals surface area contributed by atoms with E-state index in [0.29, 0.717) is 12.1 Å². The van der Waals surface area contributed by atoms with Gasteiger partial charge < -0.3 is 5.73 Å². The van der Waals surface area contributed by atoms with Crippen LogP contribution in [0.1, 0.15) is 37.8 Å². The number of amides is 1. The van der Waals surface area contributed by atoms with E-state index in [-0.39, 0.29) is 6.04 Å². The number of primary amides is 1. The third kappa shape index (κ3) is 3.81. The Morgan fingerprint density at radius 2 is 2.00 bits per heavy atom. The lowest BCUT2D eigenvalue weighted by atomic mass is 10.1. The van der Waals surface area contributed by atoms with Crippen molar-refractivity contribution in [3.63, 3.8) is 0 Å². The van der Waals surface area contributed by atoms with Gasteiger partial charge in [0.05, 0.1) is 0 Å². The van der Waals surface area contributed by atoms with Crippen LogP contribution in [-0.2, 0) is 15.0 Å². The highest BCUT2D eigenvalue weighted by Crippen LogP contribution is 2.21. The van der Waals surface area contributed by atoms with Crippen molar-refractivity contribution >= 4 is 16.1 Å². The molecule has 116 valence electrons. The second-order valence-electron chi connectivity index (χ2n) is 5.32. The van der Waals surface area contributed by atoms with Gasteiger partial charge in [0.2, 0.25) is 5.91 Å². The molecule has 0 aromatic heterocycles. The molecule has 0 unspecified atom stereocenters. The first-order valence-electron chi connectivity index (χ1n) is 7.05. The average Bonchev–Trinajstić information content (AvgIpc) is 2.46. The van der Waals surface area contributed by atoms with Crippen LogP contribution in [0.2, 0.25) is 0 Å². The Labute approximate surface area is 125 Å². The van der Waals surface area contributed by atoms with E-state index < -0.39 is 22.2 Å². The van der Waals surface area contributed by atoms with Gasteiger partial charge in [0.25, 0.3) is 10.2 Å². The Morgan fingerprint density at radius 1 is 1.33 bits per heavy atom. The van der Waals surface area contributed by atoms with E-state index in [0.717, 1.165) is 19.3 Å². The lowest BCUT2D eigenvalue weighted by molar-refractivity contribution is -0.119. The molecule has 1 aromatic rings. The summed E-state index contributed by atoms with van der Waals surface area (Å²) in [6.07, 6.45) is 2.68. The molecule has 1 aliphatic heterocycles. The van der Waals surface area contributed by atoms with E-state index in [4.69, 9.17) is 5.73 Å². The Hall–Kier alpha value is -1.44. The average molecular weight is 311 g/mol. The van der Waals surface area contributed by atoms with Crippen LogP contribution >= 0.6 is 0 Å². The van der Waals surface area contributed by atoms with Crippen molar-refractivity contribution in [2.24, 2.45) is 5.73 Å². The monoisotopic (exact) mass is 311 g/mol. The van der Waals surface area contributed by atoms with Crippen molar-refractivity contribution in [1.82, 2.24) is 9.03 Å². The quantitative estimate of drug-likeness (QED) is 0.847. The van der Waals surface area contributed by atoms with Gasteiger partial charge in [-0.25, -0.2) is 0 Å². The van der Waals surface area contributed by atoms with Crippen LogP contribution in [0.5, 0.6) is 0 Å². The number of hydrogen-bond acceptors (Lipinski definition) is 3. The van der Waals surface area contributed by atoms with E-state index in [1.807, 2.05) is 6.92 Å². The van der Waals surface area contributed by atoms with Gasteiger partial charge in [-0.15, -0.1) is 0 Å². The molecule has 0 bridgehead atoms. The predicted octanol–water partition coefficient (Wildman–Crippen LogP) is 0.922. The highest BCUT2D eigenvalue weighted by Gasteiger charge is 2.33. The van der Waals surface area contributed by atoms with Crippen LogP contribution in [0.15, 0.2) is 30.3 Å². The zero-order valence-corrected chi connectivity index (χ0v) is 12.8. The van der Waals surface area contributed by atoms with E-state index in [1.165, 1.54) is 4.31 Å². The highest BCUT2D eigenvalue weighted by molar-refractivity contribution is 7.87. The molecule has 0 saturated carbocycles. The maximum atomic E-state index is 12.5. The molecule has 1 heterocycles. The summed E-state index contributed by atoms with van der Waals surface area (Å²) in [4.78, 5) is 11.6. The normalized spacial score (nSPS) is 21.9. The fourth-order valence-electron chi connectivity index (χ4n) is 2.58. The lowest BCUT2D eigenvalue weighted by Gasteiger charge is -2.33. The number of carbonyl (C=O) groups is 1. The molecule has 21 heavy (non-hydrogen) atoms. The standard InChI is InChI=1S/C14H21N3O3S/c1-11-7-5-6-10-17(11)21(19,20)16-13(14(15)18)12-8-3-2-4-9-12/h2-4,8-9,11,13,16H,5-7,10H2,1H3,(H2,15,18)/t11-,13+/m1/s1. The molecule has 6 nitrogen and oxygen atoms in total. The highest BCUT2D eigenvalue weighted by atomic mass is 32.2. The van der Waals surface area contributed by atoms with Crippen LogP contribution in [0.3, 0.4) is 0 Å². The van der Waals surface area contributed by atoms with Gasteiger partial charge in [0, 0.05) is 12.6 Å². The molecule has 0 aliphatic carbocycles. The second kappa shape index (κ2) is 6.55. The number of hydrogen-bond donors (Lipinski definition) is 2. The van der Waals surface area contributed by atoms with Gasteiger partial charge >= 0.3 is 0 Å². The van der Waals surface area contributed by atoms with Crippen LogP contribution < -0.4 is 10.5 Å². The third-order valence-electron chi connectivity index (χ3n) is 3.73. The molecule has 0 spiro atoms. The minimum Gasteiger partial charge on any atom is -0.368 e. The summed E-state index contributed by atoms with van der Waals surface area (Å²) in [7, 11) is -3.74. The summed E-state index contributed by atoms with van der Waals surface area (Å²) in [5.41, 5.74) is 5.90. The Morgan fingerprint density at radius 3 is 2.57 bits per heavy atom. The Balaban J connectivity index is 2.22. The van der Waals surface area contributed by atoms with E-state index >= 15 is 0 Å². The molecule has 3 N–H and O–H groups in total. The van der Waals surface area contributed by atoms with Gasteiger partial charge in [0.15, 0.2) is 0 Å². The fourth-order valence-corrected chi connectivity index (χ4v) is 4.22. The van der Waals surface area contributed by atoms with Gasteiger partial charge in [-0.05, 0) is 25.3 Å². The summed E-state index contributed by atoms with van der Waals surface area (Å²) in [6, 6.07) is 7.51. The number of carbonyl (C=O) groups excluding carboxylic acids is 1.